The molecule has 2 rings (SSSR count). The average Bonchev–Trinajstić information content (AvgIpc) is 2.39. The topological polar surface area (TPSA) is 37.3 Å². The van der Waals surface area contributed by atoms with E-state index in [-0.39, 0.29) is 0 Å². The Morgan fingerprint density at radius 2 is 1.90 bits per heavy atom. The van der Waals surface area contributed by atoms with Gasteiger partial charge in [0.25, 0.3) is 0 Å². The second-order valence-corrected chi connectivity index (χ2v) is 5.51. The zero-order chi connectivity index (χ0) is 14.7. The molecular formula is C17H17ClO2. The summed E-state index contributed by atoms with van der Waals surface area (Å²) >= 11 is 5.95. The lowest BCUT2D eigenvalue weighted by molar-refractivity contribution is -0.138. The molecule has 1 N–H and O–H groups in total. The van der Waals surface area contributed by atoms with Crippen molar-refractivity contribution in [2.45, 2.75) is 26.2 Å². The Hall–Kier alpha value is -1.80. The third kappa shape index (κ3) is 3.40. The van der Waals surface area contributed by atoms with Gasteiger partial charge in [-0.25, -0.2) is 0 Å². The molecule has 0 aliphatic heterocycles. The van der Waals surface area contributed by atoms with Crippen LogP contribution in [0, 0.1) is 13.8 Å². The van der Waals surface area contributed by atoms with Gasteiger partial charge in [-0.1, -0.05) is 41.9 Å². The number of halogens is 1. The van der Waals surface area contributed by atoms with E-state index in [4.69, 9.17) is 11.6 Å². The van der Waals surface area contributed by atoms with Crippen LogP contribution in [0.25, 0.3) is 0 Å². The van der Waals surface area contributed by atoms with E-state index in [0.29, 0.717) is 11.4 Å². The molecule has 2 nitrogen and oxygen atoms in total. The van der Waals surface area contributed by atoms with Crippen LogP contribution < -0.4 is 0 Å². The summed E-state index contributed by atoms with van der Waals surface area (Å²) in [7, 11) is 0. The van der Waals surface area contributed by atoms with Crippen molar-refractivity contribution in [2.24, 2.45) is 0 Å². The summed E-state index contributed by atoms with van der Waals surface area (Å²) in [4.78, 5) is 11.6. The van der Waals surface area contributed by atoms with Crippen LogP contribution in [-0.2, 0) is 11.2 Å². The van der Waals surface area contributed by atoms with Crippen molar-refractivity contribution >= 4 is 17.6 Å². The first-order valence-electron chi connectivity index (χ1n) is 6.52. The Morgan fingerprint density at radius 3 is 2.50 bits per heavy atom. The van der Waals surface area contributed by atoms with Gasteiger partial charge < -0.3 is 5.11 Å². The molecule has 0 spiro atoms. The van der Waals surface area contributed by atoms with E-state index in [1.54, 1.807) is 6.07 Å². The molecule has 0 amide bonds. The number of aryl methyl sites for hydroxylation is 2. The van der Waals surface area contributed by atoms with Crippen molar-refractivity contribution in [3.8, 4) is 0 Å². The number of benzene rings is 2. The molecule has 3 heteroatoms. The van der Waals surface area contributed by atoms with E-state index in [1.165, 1.54) is 5.56 Å². The highest BCUT2D eigenvalue weighted by molar-refractivity contribution is 6.30. The molecule has 2 aromatic rings. The average molecular weight is 289 g/mol. The van der Waals surface area contributed by atoms with Gasteiger partial charge in [-0.15, -0.1) is 0 Å². The number of hydrogen-bond acceptors (Lipinski definition) is 1. The van der Waals surface area contributed by atoms with Crippen LogP contribution in [0.3, 0.4) is 0 Å². The van der Waals surface area contributed by atoms with E-state index >= 15 is 0 Å². The third-order valence-corrected chi connectivity index (χ3v) is 3.80. The van der Waals surface area contributed by atoms with Gasteiger partial charge in [-0.2, -0.15) is 0 Å². The fourth-order valence-corrected chi connectivity index (χ4v) is 2.44. The predicted octanol–water partition coefficient (Wildman–Crippen LogP) is 4.37. The maximum Gasteiger partial charge on any atom is 0.311 e. The van der Waals surface area contributed by atoms with Gasteiger partial charge in [-0.05, 0) is 54.7 Å². The molecule has 0 aliphatic rings. The second-order valence-electron chi connectivity index (χ2n) is 5.07. The van der Waals surface area contributed by atoms with Gasteiger partial charge in [-0.3, -0.25) is 4.79 Å². The molecular weight excluding hydrogens is 272 g/mol. The van der Waals surface area contributed by atoms with Gasteiger partial charge in [0.05, 0.1) is 5.92 Å². The van der Waals surface area contributed by atoms with Crippen molar-refractivity contribution in [3.05, 3.63) is 69.7 Å². The van der Waals surface area contributed by atoms with Crippen molar-refractivity contribution < 1.29 is 9.90 Å². The van der Waals surface area contributed by atoms with Crippen molar-refractivity contribution in [2.75, 3.05) is 0 Å². The summed E-state index contributed by atoms with van der Waals surface area (Å²) in [5, 5.41) is 10.1. The normalized spacial score (nSPS) is 12.2. The van der Waals surface area contributed by atoms with Crippen molar-refractivity contribution in [3.63, 3.8) is 0 Å². The summed E-state index contributed by atoms with van der Waals surface area (Å²) in [5.41, 5.74) is 4.05. The van der Waals surface area contributed by atoms with Gasteiger partial charge in [0.1, 0.15) is 0 Å². The zero-order valence-corrected chi connectivity index (χ0v) is 12.3. The standard InChI is InChI=1S/C17H17ClO2/c1-11-6-7-14(8-12(11)2)16(17(19)20)10-13-4-3-5-15(18)9-13/h3-9,16H,10H2,1-2H3,(H,19,20). The SMILES string of the molecule is Cc1ccc(C(Cc2cccc(Cl)c2)C(=O)O)cc1C. The fraction of sp³-hybridized carbons (Fsp3) is 0.235. The van der Waals surface area contributed by atoms with Crippen LogP contribution in [0.2, 0.25) is 5.02 Å². The molecule has 0 aliphatic carbocycles. The lowest BCUT2D eigenvalue weighted by atomic mass is 9.90. The number of carbonyl (C=O) groups is 1. The smallest absolute Gasteiger partial charge is 0.311 e. The molecule has 2 aromatic carbocycles. The van der Waals surface area contributed by atoms with Crippen LogP contribution in [0.5, 0.6) is 0 Å². The monoisotopic (exact) mass is 288 g/mol. The highest BCUT2D eigenvalue weighted by Crippen LogP contribution is 2.24. The lowest BCUT2D eigenvalue weighted by Crippen LogP contribution is -2.14. The summed E-state index contributed by atoms with van der Waals surface area (Å²) in [6.07, 6.45) is 0.443. The van der Waals surface area contributed by atoms with Crippen LogP contribution >= 0.6 is 11.6 Å². The van der Waals surface area contributed by atoms with Crippen molar-refractivity contribution in [1.29, 1.82) is 0 Å². The highest BCUT2D eigenvalue weighted by Gasteiger charge is 2.20. The summed E-state index contributed by atoms with van der Waals surface area (Å²) in [5.74, 6) is -1.36. The van der Waals surface area contributed by atoms with E-state index < -0.39 is 11.9 Å². The Balaban J connectivity index is 2.32. The largest absolute Gasteiger partial charge is 0.481 e. The predicted molar refractivity (Wildman–Crippen MR) is 81.4 cm³/mol. The third-order valence-electron chi connectivity index (χ3n) is 3.56. The van der Waals surface area contributed by atoms with Crippen LogP contribution in [0.4, 0.5) is 0 Å². The van der Waals surface area contributed by atoms with Gasteiger partial charge in [0.15, 0.2) is 0 Å². The Labute approximate surface area is 124 Å². The summed E-state index contributed by atoms with van der Waals surface area (Å²) in [6, 6.07) is 13.2. The quantitative estimate of drug-likeness (QED) is 0.907. The number of carboxylic acids is 1. The molecule has 0 heterocycles. The minimum Gasteiger partial charge on any atom is -0.481 e. The Bertz CT molecular complexity index is 635. The molecule has 0 saturated heterocycles. The highest BCUT2D eigenvalue weighted by atomic mass is 35.5. The molecule has 0 aromatic heterocycles. The molecule has 20 heavy (non-hydrogen) atoms. The zero-order valence-electron chi connectivity index (χ0n) is 11.6. The molecule has 1 atom stereocenters. The maximum atomic E-state index is 11.6. The molecule has 1 unspecified atom stereocenters. The number of hydrogen-bond donors (Lipinski definition) is 1. The summed E-state index contributed by atoms with van der Waals surface area (Å²) < 4.78 is 0. The molecule has 0 bridgehead atoms. The van der Waals surface area contributed by atoms with E-state index in [9.17, 15) is 9.90 Å². The van der Waals surface area contributed by atoms with Gasteiger partial charge >= 0.3 is 5.97 Å². The maximum absolute atomic E-state index is 11.6. The fourth-order valence-electron chi connectivity index (χ4n) is 2.23. The molecule has 0 fully saturated rings. The van der Waals surface area contributed by atoms with Crippen LogP contribution in [0.1, 0.15) is 28.2 Å². The van der Waals surface area contributed by atoms with Gasteiger partial charge in [0, 0.05) is 5.02 Å². The second kappa shape index (κ2) is 6.10. The van der Waals surface area contributed by atoms with E-state index in [1.807, 2.05) is 50.2 Å². The first kappa shape index (κ1) is 14.6. The molecule has 0 saturated carbocycles. The minimum absolute atomic E-state index is 0.443. The van der Waals surface area contributed by atoms with E-state index in [2.05, 4.69) is 0 Å². The van der Waals surface area contributed by atoms with Crippen molar-refractivity contribution in [1.82, 2.24) is 0 Å². The minimum atomic E-state index is -0.812. The lowest BCUT2D eigenvalue weighted by Gasteiger charge is -2.14. The molecule has 0 radical (unpaired) electrons. The number of carboxylic acid groups (broad SMARTS) is 1. The van der Waals surface area contributed by atoms with E-state index in [0.717, 1.165) is 16.7 Å². The number of rotatable bonds is 4. The first-order chi connectivity index (χ1) is 9.47. The van der Waals surface area contributed by atoms with Crippen LogP contribution in [-0.4, -0.2) is 11.1 Å². The first-order valence-corrected chi connectivity index (χ1v) is 6.89. The molecule has 104 valence electrons. The number of aliphatic carboxylic acids is 1. The van der Waals surface area contributed by atoms with Crippen LogP contribution in [0.15, 0.2) is 42.5 Å². The summed E-state index contributed by atoms with van der Waals surface area (Å²) in [6.45, 7) is 4.02. The van der Waals surface area contributed by atoms with Gasteiger partial charge in [0.2, 0.25) is 0 Å². The Kier molecular flexibility index (Phi) is 4.46. The Morgan fingerprint density at radius 1 is 1.15 bits per heavy atom.